The van der Waals surface area contributed by atoms with Crippen LogP contribution in [0.2, 0.25) is 5.02 Å². The highest BCUT2D eigenvalue weighted by Crippen LogP contribution is 2.43. The minimum atomic E-state index is -1.23. The van der Waals surface area contributed by atoms with Crippen LogP contribution >= 0.6 is 11.6 Å². The fraction of sp³-hybridized carbons (Fsp3) is 0.333. The van der Waals surface area contributed by atoms with Gasteiger partial charge in [0.1, 0.15) is 11.6 Å². The van der Waals surface area contributed by atoms with Crippen molar-refractivity contribution in [2.24, 2.45) is 0 Å². The van der Waals surface area contributed by atoms with Gasteiger partial charge in [-0.2, -0.15) is 5.10 Å². The second kappa shape index (κ2) is 9.79. The molecule has 182 valence electrons. The molecule has 3 aromatic heterocycles. The molecule has 4 aromatic rings. The van der Waals surface area contributed by atoms with E-state index in [1.165, 1.54) is 0 Å². The number of anilines is 2. The monoisotopic (exact) mass is 512 g/mol. The number of aromatic amines is 2. The lowest BCUT2D eigenvalue weighted by Crippen LogP contribution is -2.37. The van der Waals surface area contributed by atoms with Crippen LogP contribution < -0.4 is 11.1 Å². The van der Waals surface area contributed by atoms with Gasteiger partial charge in [0.25, 0.3) is 0 Å². The van der Waals surface area contributed by atoms with Gasteiger partial charge in [0.15, 0.2) is 0 Å². The van der Waals surface area contributed by atoms with Crippen LogP contribution in [0.15, 0.2) is 62.8 Å². The van der Waals surface area contributed by atoms with E-state index in [-0.39, 0.29) is 5.25 Å². The van der Waals surface area contributed by atoms with Crippen LogP contribution in [-0.2, 0) is 22.6 Å². The summed E-state index contributed by atoms with van der Waals surface area (Å²) in [6.07, 6.45) is 4.86. The first kappa shape index (κ1) is 23.5. The molecule has 0 amide bonds. The van der Waals surface area contributed by atoms with Gasteiger partial charge in [-0.3, -0.25) is 9.31 Å². The van der Waals surface area contributed by atoms with Crippen LogP contribution in [0.25, 0.3) is 0 Å². The van der Waals surface area contributed by atoms with Crippen molar-refractivity contribution < 1.29 is 8.63 Å². The van der Waals surface area contributed by atoms with Crippen LogP contribution in [-0.4, -0.2) is 34.8 Å². The zero-order chi connectivity index (χ0) is 24.4. The number of aryl methyl sites for hydroxylation is 1. The predicted molar refractivity (Wildman–Crippen MR) is 133 cm³/mol. The smallest absolute Gasteiger partial charge is 0.392 e. The Bertz CT molecular complexity index is 1390. The van der Waals surface area contributed by atoms with Crippen molar-refractivity contribution >= 4 is 34.0 Å². The van der Waals surface area contributed by atoms with Gasteiger partial charge in [0, 0.05) is 23.4 Å². The number of pyridine rings is 1. The first-order chi connectivity index (χ1) is 16.9. The Hall–Kier alpha value is -3.24. The average Bonchev–Trinajstić information content (AvgIpc) is 3.53. The SMILES string of the molecule is Cc1cccc(S(=O)C2CCC(Cc3cccc(Nc4ccn[nH]4)n3)(c3n[nH]c(=O)o3)CC2)c1Cl. The Kier molecular flexibility index (Phi) is 6.57. The van der Waals surface area contributed by atoms with E-state index in [1.54, 1.807) is 6.20 Å². The van der Waals surface area contributed by atoms with Crippen molar-refractivity contribution in [3.05, 3.63) is 81.4 Å². The number of nitrogens with zero attached hydrogens (tertiary/aromatic N) is 3. The predicted octanol–water partition coefficient (Wildman–Crippen LogP) is 4.42. The molecule has 1 saturated carbocycles. The Morgan fingerprint density at radius 3 is 2.69 bits per heavy atom. The molecule has 11 heteroatoms. The second-order valence-corrected chi connectivity index (χ2v) is 10.9. The topological polar surface area (TPSA) is 130 Å². The quantitative estimate of drug-likeness (QED) is 0.334. The summed E-state index contributed by atoms with van der Waals surface area (Å²) in [5, 5.41) is 17.1. The molecule has 0 radical (unpaired) electrons. The lowest BCUT2D eigenvalue weighted by Gasteiger charge is -2.37. The molecule has 0 spiro atoms. The number of benzene rings is 1. The maximum absolute atomic E-state index is 13.4. The number of hydrogen-bond acceptors (Lipinski definition) is 7. The van der Waals surface area contributed by atoms with Crippen molar-refractivity contribution in [3.8, 4) is 0 Å². The van der Waals surface area contributed by atoms with Gasteiger partial charge >= 0.3 is 5.76 Å². The van der Waals surface area contributed by atoms with Crippen molar-refractivity contribution in [1.82, 2.24) is 25.4 Å². The van der Waals surface area contributed by atoms with E-state index in [4.69, 9.17) is 21.0 Å². The third-order valence-corrected chi connectivity index (χ3v) is 9.01. The molecule has 1 atom stereocenters. The van der Waals surface area contributed by atoms with Crippen molar-refractivity contribution in [3.63, 3.8) is 0 Å². The summed E-state index contributed by atoms with van der Waals surface area (Å²) in [6, 6.07) is 13.2. The Morgan fingerprint density at radius 1 is 1.17 bits per heavy atom. The molecule has 3 N–H and O–H groups in total. The van der Waals surface area contributed by atoms with Crippen molar-refractivity contribution in [2.75, 3.05) is 5.32 Å². The second-order valence-electron chi connectivity index (χ2n) is 8.87. The number of nitrogens with one attached hydrogen (secondary N) is 3. The third kappa shape index (κ3) is 4.94. The van der Waals surface area contributed by atoms with E-state index in [9.17, 15) is 9.00 Å². The maximum Gasteiger partial charge on any atom is 0.434 e. The molecule has 0 aliphatic heterocycles. The molecule has 0 bridgehead atoms. The van der Waals surface area contributed by atoms with E-state index in [0.717, 1.165) is 17.1 Å². The van der Waals surface area contributed by atoms with Gasteiger partial charge in [-0.25, -0.2) is 14.9 Å². The highest BCUT2D eigenvalue weighted by atomic mass is 35.5. The lowest BCUT2D eigenvalue weighted by atomic mass is 9.70. The molecule has 5 rings (SSSR count). The largest absolute Gasteiger partial charge is 0.434 e. The molecule has 1 fully saturated rings. The number of halogens is 1. The number of hydrogen-bond donors (Lipinski definition) is 3. The first-order valence-corrected chi connectivity index (χ1v) is 13.0. The maximum atomic E-state index is 13.4. The molecular weight excluding hydrogens is 488 g/mol. The fourth-order valence-corrected chi connectivity index (χ4v) is 6.62. The van der Waals surface area contributed by atoms with Gasteiger partial charge in [0.2, 0.25) is 5.89 Å². The highest BCUT2D eigenvalue weighted by molar-refractivity contribution is 7.85. The Balaban J connectivity index is 1.38. The molecule has 9 nitrogen and oxygen atoms in total. The molecular formula is C24H25ClN6O3S. The lowest BCUT2D eigenvalue weighted by molar-refractivity contribution is 0.230. The summed E-state index contributed by atoms with van der Waals surface area (Å²) < 4.78 is 18.8. The van der Waals surface area contributed by atoms with Crippen LogP contribution in [0.3, 0.4) is 0 Å². The normalized spacial score (nSPS) is 21.0. The molecule has 1 aromatic carbocycles. The Morgan fingerprint density at radius 2 is 1.97 bits per heavy atom. The summed E-state index contributed by atoms with van der Waals surface area (Å²) in [6.45, 7) is 1.91. The molecule has 1 unspecified atom stereocenters. The Labute approximate surface area is 209 Å². The summed E-state index contributed by atoms with van der Waals surface area (Å²) in [4.78, 5) is 17.2. The van der Waals surface area contributed by atoms with E-state index < -0.39 is 22.0 Å². The summed E-state index contributed by atoms with van der Waals surface area (Å²) in [7, 11) is -1.23. The molecule has 3 heterocycles. The summed E-state index contributed by atoms with van der Waals surface area (Å²) in [5.74, 6) is 1.20. The molecule has 1 aliphatic carbocycles. The van der Waals surface area contributed by atoms with E-state index in [2.05, 4.69) is 25.7 Å². The minimum Gasteiger partial charge on any atom is -0.392 e. The standard InChI is InChI=1S/C24H25ClN6O3S/c1-15-4-2-6-18(21(15)25)35(33)17-8-11-24(12-9-17,22-30-31-23(32)34-22)14-16-5-3-7-19(27-16)28-20-10-13-26-29-20/h2-7,10,13,17H,8-9,11-12,14H2,1H3,(H,31,32)(H2,26,27,28,29). The number of aromatic nitrogens is 5. The van der Waals surface area contributed by atoms with Crippen LogP contribution in [0.5, 0.6) is 0 Å². The first-order valence-electron chi connectivity index (χ1n) is 11.4. The van der Waals surface area contributed by atoms with E-state index in [1.807, 2.05) is 49.4 Å². The zero-order valence-electron chi connectivity index (χ0n) is 19.1. The van der Waals surface area contributed by atoms with E-state index >= 15 is 0 Å². The van der Waals surface area contributed by atoms with Crippen molar-refractivity contribution in [1.29, 1.82) is 0 Å². The zero-order valence-corrected chi connectivity index (χ0v) is 20.7. The average molecular weight is 513 g/mol. The van der Waals surface area contributed by atoms with Gasteiger partial charge in [-0.05, 0) is 56.4 Å². The highest BCUT2D eigenvalue weighted by Gasteiger charge is 2.43. The summed E-state index contributed by atoms with van der Waals surface area (Å²) in [5.41, 5.74) is 1.22. The number of rotatable bonds is 7. The number of H-pyrrole nitrogens is 2. The van der Waals surface area contributed by atoms with Gasteiger partial charge in [0.05, 0.1) is 32.3 Å². The minimum absolute atomic E-state index is 0.0468. The van der Waals surface area contributed by atoms with Crippen LogP contribution in [0.1, 0.15) is 42.8 Å². The molecule has 1 aliphatic rings. The third-order valence-electron chi connectivity index (χ3n) is 6.55. The van der Waals surface area contributed by atoms with Crippen LogP contribution in [0.4, 0.5) is 11.6 Å². The van der Waals surface area contributed by atoms with Crippen molar-refractivity contribution in [2.45, 2.75) is 54.6 Å². The molecule has 0 saturated heterocycles. The summed E-state index contributed by atoms with van der Waals surface area (Å²) >= 11 is 6.46. The van der Waals surface area contributed by atoms with E-state index in [0.29, 0.717) is 53.7 Å². The van der Waals surface area contributed by atoms with Gasteiger partial charge in [-0.1, -0.05) is 29.8 Å². The van der Waals surface area contributed by atoms with Crippen LogP contribution in [0, 0.1) is 6.92 Å². The molecule has 35 heavy (non-hydrogen) atoms. The fourth-order valence-electron chi connectivity index (χ4n) is 4.69. The van der Waals surface area contributed by atoms with Gasteiger partial charge in [-0.15, -0.1) is 5.10 Å². The van der Waals surface area contributed by atoms with Gasteiger partial charge < -0.3 is 9.73 Å².